The number of hydrogen-bond donors (Lipinski definition) is 1. The maximum atomic E-state index is 11.6. The second-order valence-electron chi connectivity index (χ2n) is 6.34. The highest BCUT2D eigenvalue weighted by molar-refractivity contribution is 5.98. The Morgan fingerprint density at radius 1 is 1.16 bits per heavy atom. The third kappa shape index (κ3) is 3.06. The van der Waals surface area contributed by atoms with E-state index in [-0.39, 0.29) is 0 Å². The van der Waals surface area contributed by atoms with Crippen molar-refractivity contribution in [3.63, 3.8) is 0 Å². The fourth-order valence-electron chi connectivity index (χ4n) is 3.41. The Morgan fingerprint density at radius 3 is 2.80 bits per heavy atom. The van der Waals surface area contributed by atoms with Crippen LogP contribution in [0.25, 0.3) is 11.2 Å². The van der Waals surface area contributed by atoms with Gasteiger partial charge in [-0.05, 0) is 29.7 Å². The van der Waals surface area contributed by atoms with Gasteiger partial charge in [0, 0.05) is 25.8 Å². The summed E-state index contributed by atoms with van der Waals surface area (Å²) in [7, 11) is 0. The summed E-state index contributed by atoms with van der Waals surface area (Å²) in [5.41, 5.74) is 10.1. The number of primary amides is 1. The van der Waals surface area contributed by atoms with E-state index in [2.05, 4.69) is 40.2 Å². The summed E-state index contributed by atoms with van der Waals surface area (Å²) < 4.78 is 1.96. The van der Waals surface area contributed by atoms with E-state index in [0.717, 1.165) is 31.7 Å². The van der Waals surface area contributed by atoms with Gasteiger partial charge in [-0.2, -0.15) is 0 Å². The van der Waals surface area contributed by atoms with Gasteiger partial charge in [-0.3, -0.25) is 14.1 Å². The van der Waals surface area contributed by atoms with E-state index in [1.807, 2.05) is 28.9 Å². The Hall–Kier alpha value is -2.92. The van der Waals surface area contributed by atoms with Gasteiger partial charge < -0.3 is 5.73 Å². The highest BCUT2D eigenvalue weighted by Gasteiger charge is 2.18. The molecule has 0 fully saturated rings. The van der Waals surface area contributed by atoms with E-state index in [1.165, 1.54) is 11.1 Å². The normalized spacial score (nSPS) is 15.3. The molecule has 0 saturated heterocycles. The minimum atomic E-state index is -0.453. The number of carbonyl (C=O) groups excluding carboxylic acids is 1. The van der Waals surface area contributed by atoms with E-state index in [4.69, 9.17) is 5.73 Å². The number of aromatic nitrogens is 2. The molecule has 126 valence electrons. The number of nitrogens with zero attached hydrogens (tertiary/aromatic N) is 3. The molecule has 3 aromatic rings. The van der Waals surface area contributed by atoms with Crippen molar-refractivity contribution in [1.82, 2.24) is 14.3 Å². The van der Waals surface area contributed by atoms with E-state index in [1.54, 1.807) is 6.07 Å². The molecule has 0 atom stereocenters. The lowest BCUT2D eigenvalue weighted by molar-refractivity contribution is 0.100. The molecule has 1 aromatic carbocycles. The molecule has 2 N–H and O–H groups in total. The standard InChI is InChI=1S/C20H20N4O/c21-19(25)17-9-5-11-24-18(12-22-20(17)24)16-8-4-10-23(14-16)13-15-6-2-1-3-7-15/h1-3,5-9,11-12H,4,10,13-14H2,(H2,21,25). The Morgan fingerprint density at radius 2 is 2.00 bits per heavy atom. The molecule has 0 saturated carbocycles. The summed E-state index contributed by atoms with van der Waals surface area (Å²) in [5, 5.41) is 0. The Bertz CT molecular complexity index is 943. The number of imidazole rings is 1. The average molecular weight is 332 g/mol. The molecule has 0 radical (unpaired) electrons. The third-order valence-corrected chi connectivity index (χ3v) is 4.61. The Kier molecular flexibility index (Phi) is 4.07. The molecule has 0 bridgehead atoms. The maximum Gasteiger partial charge on any atom is 0.252 e. The van der Waals surface area contributed by atoms with Crippen molar-refractivity contribution >= 4 is 17.1 Å². The minimum Gasteiger partial charge on any atom is -0.365 e. The third-order valence-electron chi connectivity index (χ3n) is 4.61. The summed E-state index contributed by atoms with van der Waals surface area (Å²) in [4.78, 5) is 18.5. The van der Waals surface area contributed by atoms with Gasteiger partial charge in [0.15, 0.2) is 0 Å². The van der Waals surface area contributed by atoms with E-state index in [0.29, 0.717) is 11.2 Å². The van der Waals surface area contributed by atoms with Crippen LogP contribution in [-0.4, -0.2) is 33.3 Å². The fourth-order valence-corrected chi connectivity index (χ4v) is 3.41. The van der Waals surface area contributed by atoms with Gasteiger partial charge in [-0.25, -0.2) is 4.98 Å². The molecular weight excluding hydrogens is 312 g/mol. The van der Waals surface area contributed by atoms with Gasteiger partial charge in [0.05, 0.1) is 17.5 Å². The molecular formula is C20H20N4O. The van der Waals surface area contributed by atoms with Gasteiger partial charge in [-0.15, -0.1) is 0 Å². The molecule has 1 aliphatic heterocycles. The quantitative estimate of drug-likeness (QED) is 0.799. The van der Waals surface area contributed by atoms with Gasteiger partial charge in [0.1, 0.15) is 5.65 Å². The van der Waals surface area contributed by atoms with Crippen LogP contribution in [0, 0.1) is 0 Å². The van der Waals surface area contributed by atoms with Crippen LogP contribution in [-0.2, 0) is 6.54 Å². The van der Waals surface area contributed by atoms with Crippen molar-refractivity contribution in [2.45, 2.75) is 13.0 Å². The summed E-state index contributed by atoms with van der Waals surface area (Å²) in [5.74, 6) is -0.453. The first-order valence-electron chi connectivity index (χ1n) is 8.44. The molecule has 0 aliphatic carbocycles. The molecule has 2 aromatic heterocycles. The van der Waals surface area contributed by atoms with Crippen molar-refractivity contribution in [2.75, 3.05) is 13.1 Å². The zero-order valence-electron chi connectivity index (χ0n) is 13.9. The van der Waals surface area contributed by atoms with Gasteiger partial charge in [0.2, 0.25) is 0 Å². The number of hydrogen-bond acceptors (Lipinski definition) is 3. The first-order valence-corrected chi connectivity index (χ1v) is 8.44. The number of nitrogens with two attached hydrogens (primary N) is 1. The molecule has 5 nitrogen and oxygen atoms in total. The van der Waals surface area contributed by atoms with Gasteiger partial charge in [0.25, 0.3) is 5.91 Å². The molecule has 0 spiro atoms. The highest BCUT2D eigenvalue weighted by atomic mass is 16.1. The highest BCUT2D eigenvalue weighted by Crippen LogP contribution is 2.24. The fraction of sp³-hybridized carbons (Fsp3) is 0.200. The van der Waals surface area contributed by atoms with Crippen molar-refractivity contribution in [3.8, 4) is 0 Å². The number of benzene rings is 1. The maximum absolute atomic E-state index is 11.6. The number of rotatable bonds is 4. The first-order chi connectivity index (χ1) is 12.2. The van der Waals surface area contributed by atoms with Crippen LogP contribution in [0.4, 0.5) is 0 Å². The molecule has 5 heteroatoms. The largest absolute Gasteiger partial charge is 0.365 e. The van der Waals surface area contributed by atoms with Crippen LogP contribution >= 0.6 is 0 Å². The zero-order valence-corrected chi connectivity index (χ0v) is 13.9. The molecule has 1 aliphatic rings. The molecule has 4 rings (SSSR count). The topological polar surface area (TPSA) is 63.6 Å². The van der Waals surface area contributed by atoms with Crippen molar-refractivity contribution < 1.29 is 4.79 Å². The lowest BCUT2D eigenvalue weighted by Gasteiger charge is -2.27. The van der Waals surface area contributed by atoms with Crippen LogP contribution in [0.15, 0.2) is 60.9 Å². The molecule has 1 amide bonds. The van der Waals surface area contributed by atoms with Crippen LogP contribution < -0.4 is 5.73 Å². The molecule has 3 heterocycles. The second-order valence-corrected chi connectivity index (χ2v) is 6.34. The second kappa shape index (κ2) is 6.53. The molecule has 0 unspecified atom stereocenters. The predicted molar refractivity (Wildman–Crippen MR) is 98.0 cm³/mol. The van der Waals surface area contributed by atoms with E-state index < -0.39 is 5.91 Å². The SMILES string of the molecule is NC(=O)c1cccn2c(C3=CCCN(Cc4ccccc4)C3)cnc12. The van der Waals surface area contributed by atoms with Crippen LogP contribution in [0.3, 0.4) is 0 Å². The zero-order chi connectivity index (χ0) is 17.2. The lowest BCUT2D eigenvalue weighted by Crippen LogP contribution is -2.29. The number of amides is 1. The summed E-state index contributed by atoms with van der Waals surface area (Å²) in [6.45, 7) is 2.84. The van der Waals surface area contributed by atoms with Gasteiger partial charge >= 0.3 is 0 Å². The Labute approximate surface area is 146 Å². The molecule has 25 heavy (non-hydrogen) atoms. The van der Waals surface area contributed by atoms with Crippen molar-refractivity contribution in [1.29, 1.82) is 0 Å². The van der Waals surface area contributed by atoms with Crippen molar-refractivity contribution in [2.24, 2.45) is 5.73 Å². The Balaban J connectivity index is 1.62. The van der Waals surface area contributed by atoms with Crippen molar-refractivity contribution in [3.05, 3.63) is 77.8 Å². The van der Waals surface area contributed by atoms with E-state index in [9.17, 15) is 4.79 Å². The minimum absolute atomic E-state index is 0.450. The lowest BCUT2D eigenvalue weighted by atomic mass is 10.1. The van der Waals surface area contributed by atoms with Crippen LogP contribution in [0.2, 0.25) is 0 Å². The number of pyridine rings is 1. The number of carbonyl (C=O) groups is 1. The van der Waals surface area contributed by atoms with Crippen LogP contribution in [0.5, 0.6) is 0 Å². The smallest absolute Gasteiger partial charge is 0.252 e. The summed E-state index contributed by atoms with van der Waals surface area (Å²) in [6.07, 6.45) is 7.04. The number of fused-ring (bicyclic) bond motifs is 1. The monoisotopic (exact) mass is 332 g/mol. The van der Waals surface area contributed by atoms with Gasteiger partial charge in [-0.1, -0.05) is 36.4 Å². The predicted octanol–water partition coefficient (Wildman–Crippen LogP) is 2.72. The van der Waals surface area contributed by atoms with E-state index >= 15 is 0 Å². The average Bonchev–Trinajstić information content (AvgIpc) is 3.07. The first kappa shape index (κ1) is 15.6. The summed E-state index contributed by atoms with van der Waals surface area (Å²) in [6, 6.07) is 14.1. The summed E-state index contributed by atoms with van der Waals surface area (Å²) >= 11 is 0. The van der Waals surface area contributed by atoms with Crippen LogP contribution in [0.1, 0.15) is 28.0 Å².